The summed E-state index contributed by atoms with van der Waals surface area (Å²) < 4.78 is 18.7. The number of carbonyl (C=O) groups is 2. The second-order valence-electron chi connectivity index (χ2n) is 9.38. The first-order chi connectivity index (χ1) is 19.3. The van der Waals surface area contributed by atoms with Gasteiger partial charge in [-0.3, -0.25) is 4.79 Å². The number of hydrogen-bond donors (Lipinski definition) is 2. The highest BCUT2D eigenvalue weighted by molar-refractivity contribution is 6.42. The molecule has 0 fully saturated rings. The van der Waals surface area contributed by atoms with E-state index < -0.39 is 6.03 Å². The second kappa shape index (κ2) is 14.2. The SMILES string of the molecule is COCCCN(CC(=O)N(CCc1c[nH]c2ccccc12)Cc1ccc(F)cc1)C(=O)Nc1ccc(Cl)c(Cl)c1. The number of anilines is 1. The van der Waals surface area contributed by atoms with Gasteiger partial charge in [-0.05, 0) is 60.4 Å². The van der Waals surface area contributed by atoms with Gasteiger partial charge in [0.05, 0.1) is 10.0 Å². The Morgan fingerprint density at radius 2 is 1.75 bits per heavy atom. The van der Waals surface area contributed by atoms with Crippen LogP contribution in [0.25, 0.3) is 10.9 Å². The van der Waals surface area contributed by atoms with Crippen LogP contribution in [0.4, 0.5) is 14.9 Å². The van der Waals surface area contributed by atoms with Crippen molar-refractivity contribution in [3.63, 3.8) is 0 Å². The average Bonchev–Trinajstić information content (AvgIpc) is 3.36. The predicted molar refractivity (Wildman–Crippen MR) is 157 cm³/mol. The molecule has 3 amide bonds. The number of nitrogens with zero attached hydrogens (tertiary/aromatic N) is 2. The van der Waals surface area contributed by atoms with Crippen molar-refractivity contribution in [1.82, 2.24) is 14.8 Å². The molecule has 0 aliphatic rings. The highest BCUT2D eigenvalue weighted by Gasteiger charge is 2.22. The van der Waals surface area contributed by atoms with Gasteiger partial charge in [-0.15, -0.1) is 0 Å². The van der Waals surface area contributed by atoms with Gasteiger partial charge in [0.25, 0.3) is 0 Å². The zero-order valence-corrected chi connectivity index (χ0v) is 23.6. The number of nitrogens with one attached hydrogen (secondary N) is 2. The van der Waals surface area contributed by atoms with E-state index in [1.165, 1.54) is 17.0 Å². The number of ether oxygens (including phenoxy) is 1. The normalized spacial score (nSPS) is 11.0. The van der Waals surface area contributed by atoms with Crippen LogP contribution in [0.3, 0.4) is 0 Å². The maximum atomic E-state index is 13.7. The molecule has 0 saturated heterocycles. The van der Waals surface area contributed by atoms with Gasteiger partial charge in [-0.2, -0.15) is 0 Å². The van der Waals surface area contributed by atoms with Crippen molar-refractivity contribution in [3.05, 3.63) is 99.9 Å². The summed E-state index contributed by atoms with van der Waals surface area (Å²) in [4.78, 5) is 33.3. The van der Waals surface area contributed by atoms with E-state index in [1.807, 2.05) is 30.5 Å². The molecule has 10 heteroatoms. The number of para-hydroxylation sites is 1. The molecule has 0 radical (unpaired) electrons. The first kappa shape index (κ1) is 29.4. The molecule has 3 aromatic carbocycles. The molecule has 1 aromatic heterocycles. The summed E-state index contributed by atoms with van der Waals surface area (Å²) in [5.41, 5.74) is 3.37. The van der Waals surface area contributed by atoms with E-state index in [0.29, 0.717) is 48.3 Å². The van der Waals surface area contributed by atoms with Crippen molar-refractivity contribution >= 4 is 51.7 Å². The lowest BCUT2D eigenvalue weighted by Gasteiger charge is -2.28. The molecule has 4 rings (SSSR count). The van der Waals surface area contributed by atoms with Crippen LogP contribution in [0.5, 0.6) is 0 Å². The molecule has 0 saturated carbocycles. The van der Waals surface area contributed by atoms with Crippen LogP contribution >= 0.6 is 23.2 Å². The number of hydrogen-bond acceptors (Lipinski definition) is 3. The second-order valence-corrected chi connectivity index (χ2v) is 10.2. The Morgan fingerprint density at radius 1 is 0.975 bits per heavy atom. The lowest BCUT2D eigenvalue weighted by molar-refractivity contribution is -0.132. The molecule has 0 atom stereocenters. The Morgan fingerprint density at radius 3 is 2.50 bits per heavy atom. The molecule has 0 aliphatic carbocycles. The van der Waals surface area contributed by atoms with Crippen molar-refractivity contribution in [2.75, 3.05) is 38.7 Å². The molecule has 0 unspecified atom stereocenters. The Bertz CT molecular complexity index is 1440. The number of H-pyrrole nitrogens is 1. The maximum Gasteiger partial charge on any atom is 0.322 e. The van der Waals surface area contributed by atoms with Gasteiger partial charge in [0.1, 0.15) is 12.4 Å². The number of carbonyl (C=O) groups excluding carboxylic acids is 2. The number of aromatic amines is 1. The molecule has 4 aromatic rings. The molecule has 7 nitrogen and oxygen atoms in total. The van der Waals surface area contributed by atoms with E-state index in [2.05, 4.69) is 10.3 Å². The van der Waals surface area contributed by atoms with Crippen LogP contribution in [-0.2, 0) is 22.5 Å². The van der Waals surface area contributed by atoms with Crippen molar-refractivity contribution in [3.8, 4) is 0 Å². The smallest absolute Gasteiger partial charge is 0.322 e. The van der Waals surface area contributed by atoms with Crippen LogP contribution in [-0.4, -0.2) is 60.1 Å². The van der Waals surface area contributed by atoms with E-state index >= 15 is 0 Å². The van der Waals surface area contributed by atoms with Crippen molar-refractivity contribution in [1.29, 1.82) is 0 Å². The third kappa shape index (κ3) is 7.97. The fraction of sp³-hybridized carbons (Fsp3) is 0.267. The van der Waals surface area contributed by atoms with Crippen molar-refractivity contribution < 1.29 is 18.7 Å². The van der Waals surface area contributed by atoms with Gasteiger partial charge in [-0.1, -0.05) is 53.5 Å². The van der Waals surface area contributed by atoms with Crippen LogP contribution in [0.15, 0.2) is 72.9 Å². The summed E-state index contributed by atoms with van der Waals surface area (Å²) in [6.45, 7) is 1.29. The fourth-order valence-corrected chi connectivity index (χ4v) is 4.69. The summed E-state index contributed by atoms with van der Waals surface area (Å²) in [6, 6.07) is 18.4. The third-order valence-electron chi connectivity index (χ3n) is 6.53. The van der Waals surface area contributed by atoms with Crippen LogP contribution in [0.2, 0.25) is 10.0 Å². The molecule has 0 bridgehead atoms. The quantitative estimate of drug-likeness (QED) is 0.181. The Labute approximate surface area is 242 Å². The molecular weight excluding hydrogens is 554 g/mol. The number of benzene rings is 3. The number of urea groups is 1. The molecular formula is C30H31Cl2FN4O3. The summed E-state index contributed by atoms with van der Waals surface area (Å²) in [5.74, 6) is -0.574. The molecule has 2 N–H and O–H groups in total. The minimum atomic E-state index is -0.443. The lowest BCUT2D eigenvalue weighted by Crippen LogP contribution is -2.45. The Kier molecular flexibility index (Phi) is 10.4. The molecule has 0 aliphatic heterocycles. The first-order valence-corrected chi connectivity index (χ1v) is 13.7. The lowest BCUT2D eigenvalue weighted by atomic mass is 10.1. The summed E-state index contributed by atoms with van der Waals surface area (Å²) >= 11 is 12.1. The summed E-state index contributed by atoms with van der Waals surface area (Å²) in [6.07, 6.45) is 3.11. The zero-order valence-electron chi connectivity index (χ0n) is 22.1. The van der Waals surface area contributed by atoms with Crippen LogP contribution in [0.1, 0.15) is 17.5 Å². The van der Waals surface area contributed by atoms with Crippen molar-refractivity contribution in [2.45, 2.75) is 19.4 Å². The van der Waals surface area contributed by atoms with Gasteiger partial charge in [0.2, 0.25) is 5.91 Å². The number of methoxy groups -OCH3 is 1. The van der Waals surface area contributed by atoms with Gasteiger partial charge in [-0.25, -0.2) is 9.18 Å². The van der Waals surface area contributed by atoms with Gasteiger partial charge >= 0.3 is 6.03 Å². The number of halogens is 3. The van der Waals surface area contributed by atoms with Gasteiger partial charge < -0.3 is 24.8 Å². The van der Waals surface area contributed by atoms with Crippen LogP contribution < -0.4 is 5.32 Å². The topological polar surface area (TPSA) is 77.7 Å². The van der Waals surface area contributed by atoms with E-state index in [0.717, 1.165) is 22.0 Å². The number of aromatic nitrogens is 1. The molecule has 1 heterocycles. The standard InChI is InChI=1S/C30H31Cl2FN4O3/c1-40-16-4-14-37(30(39)35-24-11-12-26(31)27(32)17-24)20-29(38)36(19-21-7-9-23(33)10-8-21)15-13-22-18-34-28-6-3-2-5-25(22)28/h2-3,5-12,17-18,34H,4,13-16,19-20H2,1H3,(H,35,39). The monoisotopic (exact) mass is 584 g/mol. The third-order valence-corrected chi connectivity index (χ3v) is 7.27. The fourth-order valence-electron chi connectivity index (χ4n) is 4.39. The van der Waals surface area contributed by atoms with E-state index in [9.17, 15) is 14.0 Å². The zero-order chi connectivity index (χ0) is 28.5. The Hall–Kier alpha value is -3.59. The summed E-state index contributed by atoms with van der Waals surface area (Å²) in [5, 5.41) is 4.58. The highest BCUT2D eigenvalue weighted by atomic mass is 35.5. The van der Waals surface area contributed by atoms with Crippen LogP contribution in [0, 0.1) is 5.82 Å². The van der Waals surface area contributed by atoms with Gasteiger partial charge in [0, 0.05) is 56.1 Å². The summed E-state index contributed by atoms with van der Waals surface area (Å²) in [7, 11) is 1.58. The molecule has 210 valence electrons. The maximum absolute atomic E-state index is 13.7. The molecule has 40 heavy (non-hydrogen) atoms. The van der Waals surface area contributed by atoms with E-state index in [1.54, 1.807) is 42.3 Å². The van der Waals surface area contributed by atoms with E-state index in [4.69, 9.17) is 27.9 Å². The van der Waals surface area contributed by atoms with Gasteiger partial charge in [0.15, 0.2) is 0 Å². The number of fused-ring (bicyclic) bond motifs is 1. The Balaban J connectivity index is 1.51. The number of amides is 3. The number of rotatable bonds is 12. The van der Waals surface area contributed by atoms with E-state index in [-0.39, 0.29) is 24.8 Å². The largest absolute Gasteiger partial charge is 0.385 e. The predicted octanol–water partition coefficient (Wildman–Crippen LogP) is 6.76. The minimum Gasteiger partial charge on any atom is -0.385 e. The highest BCUT2D eigenvalue weighted by Crippen LogP contribution is 2.25. The molecule has 0 spiro atoms. The first-order valence-electron chi connectivity index (χ1n) is 12.9. The minimum absolute atomic E-state index is 0.147. The average molecular weight is 586 g/mol. The van der Waals surface area contributed by atoms with Crippen molar-refractivity contribution in [2.24, 2.45) is 0 Å².